The molecule has 4 heterocycles. The molecule has 7 nitrogen and oxygen atoms in total. The summed E-state index contributed by atoms with van der Waals surface area (Å²) in [4.78, 5) is 17.4. The van der Waals surface area contributed by atoms with Crippen LogP contribution < -0.4 is 4.74 Å². The van der Waals surface area contributed by atoms with Gasteiger partial charge in [-0.2, -0.15) is 0 Å². The number of pyridine rings is 1. The number of nitrogens with zero attached hydrogens (tertiary/aromatic N) is 4. The summed E-state index contributed by atoms with van der Waals surface area (Å²) < 4.78 is 11.2. The van der Waals surface area contributed by atoms with E-state index in [1.165, 1.54) is 0 Å². The molecule has 0 amide bonds. The minimum absolute atomic E-state index is 0.697. The smallest absolute Gasteiger partial charge is 0.142 e. The van der Waals surface area contributed by atoms with Crippen LogP contribution >= 0.6 is 0 Å². The van der Waals surface area contributed by atoms with Crippen molar-refractivity contribution in [2.75, 3.05) is 7.11 Å². The fourth-order valence-electron chi connectivity index (χ4n) is 4.68. The highest BCUT2D eigenvalue weighted by Gasteiger charge is 2.21. The van der Waals surface area contributed by atoms with Crippen LogP contribution in [0.25, 0.3) is 55.1 Å². The van der Waals surface area contributed by atoms with E-state index >= 15 is 0 Å². The van der Waals surface area contributed by atoms with Crippen molar-refractivity contribution in [2.45, 2.75) is 20.8 Å². The quantitative estimate of drug-likeness (QED) is 0.371. The zero-order chi connectivity index (χ0) is 22.7. The number of rotatable bonds is 3. The molecule has 0 saturated carbocycles. The van der Waals surface area contributed by atoms with Crippen molar-refractivity contribution < 1.29 is 9.26 Å². The number of methoxy groups -OCH3 is 1. The fraction of sp³-hybridized carbons (Fsp3) is 0.154. The Morgan fingerprint density at radius 1 is 0.970 bits per heavy atom. The van der Waals surface area contributed by atoms with Crippen LogP contribution in [0.3, 0.4) is 0 Å². The van der Waals surface area contributed by atoms with Crippen LogP contribution in [0.5, 0.6) is 5.75 Å². The van der Waals surface area contributed by atoms with Gasteiger partial charge in [0.1, 0.15) is 23.0 Å². The van der Waals surface area contributed by atoms with Gasteiger partial charge in [0.2, 0.25) is 0 Å². The molecule has 0 aliphatic rings. The highest BCUT2D eigenvalue weighted by molar-refractivity contribution is 6.15. The van der Waals surface area contributed by atoms with Gasteiger partial charge in [0.25, 0.3) is 0 Å². The first-order valence-electron chi connectivity index (χ1n) is 10.7. The third kappa shape index (κ3) is 2.89. The molecule has 6 aromatic rings. The Morgan fingerprint density at radius 3 is 2.64 bits per heavy atom. The van der Waals surface area contributed by atoms with Crippen molar-refractivity contribution in [1.29, 1.82) is 0 Å². The molecule has 0 aliphatic heterocycles. The van der Waals surface area contributed by atoms with Gasteiger partial charge in [-0.3, -0.25) is 4.98 Å². The van der Waals surface area contributed by atoms with Crippen LogP contribution in [0.1, 0.15) is 17.3 Å². The summed E-state index contributed by atoms with van der Waals surface area (Å²) in [5, 5.41) is 8.23. The number of benzene rings is 2. The number of H-pyrrole nitrogens is 1. The van der Waals surface area contributed by atoms with E-state index in [4.69, 9.17) is 19.2 Å². The average molecular weight is 435 g/mol. The number of aromatic amines is 1. The summed E-state index contributed by atoms with van der Waals surface area (Å²) in [5.74, 6) is 2.19. The molecular weight excluding hydrogens is 414 g/mol. The second-order valence-corrected chi connectivity index (χ2v) is 8.17. The molecule has 6 rings (SSSR count). The lowest BCUT2D eigenvalue weighted by molar-refractivity contribution is 0.393. The Hall–Kier alpha value is -4.26. The standard InChI is InChI=1S/C26H21N5O2/c1-13-23(14(2)33-31-13)19-10-21-18(11-22(19)32-4)24-25(28-15(3)29-26(24)30-21)17-7-5-6-16-8-9-27-12-20(16)17/h5-12H,1-4H3,(H,28,29,30). The number of hydrogen-bond donors (Lipinski definition) is 1. The van der Waals surface area contributed by atoms with Crippen LogP contribution in [0.2, 0.25) is 0 Å². The highest BCUT2D eigenvalue weighted by atomic mass is 16.5. The second-order valence-electron chi connectivity index (χ2n) is 8.17. The van der Waals surface area contributed by atoms with E-state index in [2.05, 4.69) is 33.3 Å². The number of ether oxygens (including phenoxy) is 1. The molecule has 33 heavy (non-hydrogen) atoms. The average Bonchev–Trinajstić information content (AvgIpc) is 3.35. The predicted molar refractivity (Wildman–Crippen MR) is 128 cm³/mol. The SMILES string of the molecule is COc1cc2c(cc1-c1c(C)noc1C)[nH]c1nc(C)nc(-c3cccc4ccncc34)c12. The summed E-state index contributed by atoms with van der Waals surface area (Å²) in [5.41, 5.74) is 6.30. The lowest BCUT2D eigenvalue weighted by atomic mass is 9.98. The van der Waals surface area contributed by atoms with Gasteiger partial charge in [0, 0.05) is 39.8 Å². The Morgan fingerprint density at radius 2 is 1.85 bits per heavy atom. The molecule has 0 saturated heterocycles. The lowest BCUT2D eigenvalue weighted by Gasteiger charge is -2.10. The molecule has 0 unspecified atom stereocenters. The van der Waals surface area contributed by atoms with Crippen molar-refractivity contribution in [3.63, 3.8) is 0 Å². The van der Waals surface area contributed by atoms with Crippen molar-refractivity contribution in [3.05, 3.63) is 66.1 Å². The zero-order valence-electron chi connectivity index (χ0n) is 18.7. The summed E-state index contributed by atoms with van der Waals surface area (Å²) in [6, 6.07) is 12.3. The van der Waals surface area contributed by atoms with Crippen molar-refractivity contribution in [2.24, 2.45) is 0 Å². The summed E-state index contributed by atoms with van der Waals surface area (Å²) in [6.45, 7) is 5.75. The van der Waals surface area contributed by atoms with E-state index in [1.54, 1.807) is 13.3 Å². The Labute approximate surface area is 189 Å². The molecule has 0 bridgehead atoms. The molecule has 0 aliphatic carbocycles. The number of hydrogen-bond acceptors (Lipinski definition) is 6. The third-order valence-electron chi connectivity index (χ3n) is 6.12. The zero-order valence-corrected chi connectivity index (χ0v) is 18.7. The number of aromatic nitrogens is 5. The summed E-state index contributed by atoms with van der Waals surface area (Å²) >= 11 is 0. The molecule has 7 heteroatoms. The van der Waals surface area contributed by atoms with E-state index in [1.807, 2.05) is 45.2 Å². The maximum absolute atomic E-state index is 5.81. The monoisotopic (exact) mass is 435 g/mol. The first-order chi connectivity index (χ1) is 16.0. The lowest BCUT2D eigenvalue weighted by Crippen LogP contribution is -1.94. The fourth-order valence-corrected chi connectivity index (χ4v) is 4.68. The molecule has 2 aromatic carbocycles. The third-order valence-corrected chi connectivity index (χ3v) is 6.12. The van der Waals surface area contributed by atoms with Gasteiger partial charge in [-0.25, -0.2) is 9.97 Å². The van der Waals surface area contributed by atoms with Crippen LogP contribution in [0, 0.1) is 20.8 Å². The van der Waals surface area contributed by atoms with Crippen molar-refractivity contribution >= 4 is 32.7 Å². The molecule has 0 radical (unpaired) electrons. The van der Waals surface area contributed by atoms with Crippen LogP contribution in [-0.4, -0.2) is 32.2 Å². The first-order valence-corrected chi connectivity index (χ1v) is 10.7. The minimum Gasteiger partial charge on any atom is -0.496 e. The molecule has 162 valence electrons. The molecule has 4 aromatic heterocycles. The topological polar surface area (TPSA) is 89.7 Å². The van der Waals surface area contributed by atoms with Crippen LogP contribution in [0.15, 0.2) is 53.3 Å². The van der Waals surface area contributed by atoms with E-state index in [-0.39, 0.29) is 0 Å². The van der Waals surface area contributed by atoms with Gasteiger partial charge in [-0.15, -0.1) is 0 Å². The molecule has 0 spiro atoms. The van der Waals surface area contributed by atoms with E-state index < -0.39 is 0 Å². The largest absolute Gasteiger partial charge is 0.496 e. The van der Waals surface area contributed by atoms with Gasteiger partial charge < -0.3 is 14.2 Å². The Kier molecular flexibility index (Phi) is 4.20. The molecule has 0 atom stereocenters. The van der Waals surface area contributed by atoms with Gasteiger partial charge in [0.05, 0.1) is 29.4 Å². The van der Waals surface area contributed by atoms with Crippen LogP contribution in [0.4, 0.5) is 0 Å². The number of fused-ring (bicyclic) bond motifs is 4. The Bertz CT molecular complexity index is 1670. The van der Waals surface area contributed by atoms with Crippen molar-refractivity contribution in [3.8, 4) is 28.1 Å². The van der Waals surface area contributed by atoms with Crippen LogP contribution in [-0.2, 0) is 0 Å². The second kappa shape index (κ2) is 7.13. The molecular formula is C26H21N5O2. The number of aryl methyl sites for hydroxylation is 3. The van der Waals surface area contributed by atoms with Gasteiger partial charge in [-0.1, -0.05) is 23.4 Å². The Balaban J connectivity index is 1.71. The predicted octanol–water partition coefficient (Wildman–Crippen LogP) is 5.92. The molecule has 0 fully saturated rings. The summed E-state index contributed by atoms with van der Waals surface area (Å²) in [7, 11) is 1.68. The molecule has 1 N–H and O–H groups in total. The van der Waals surface area contributed by atoms with E-state index in [0.29, 0.717) is 5.82 Å². The minimum atomic E-state index is 0.697. The van der Waals surface area contributed by atoms with Gasteiger partial charge >= 0.3 is 0 Å². The van der Waals surface area contributed by atoms with Gasteiger partial charge in [-0.05, 0) is 44.4 Å². The van der Waals surface area contributed by atoms with E-state index in [0.717, 1.165) is 72.3 Å². The maximum atomic E-state index is 5.81. The normalized spacial score (nSPS) is 11.6. The van der Waals surface area contributed by atoms with Crippen molar-refractivity contribution in [1.82, 2.24) is 25.1 Å². The van der Waals surface area contributed by atoms with E-state index in [9.17, 15) is 0 Å². The number of nitrogens with one attached hydrogen (secondary N) is 1. The first kappa shape index (κ1) is 19.4. The summed E-state index contributed by atoms with van der Waals surface area (Å²) in [6.07, 6.45) is 3.69. The van der Waals surface area contributed by atoms with Gasteiger partial charge in [0.15, 0.2) is 0 Å². The highest BCUT2D eigenvalue weighted by Crippen LogP contribution is 2.42. The maximum Gasteiger partial charge on any atom is 0.142 e.